The largest absolute Gasteiger partial charge is 0.495 e. The molecule has 0 aliphatic carbocycles. The Labute approximate surface area is 140 Å². The van der Waals surface area contributed by atoms with E-state index in [2.05, 4.69) is 42.5 Å². The van der Waals surface area contributed by atoms with Gasteiger partial charge in [-0.1, -0.05) is 31.9 Å². The van der Waals surface area contributed by atoms with Crippen LogP contribution >= 0.6 is 31.9 Å². The summed E-state index contributed by atoms with van der Waals surface area (Å²) < 4.78 is 7.13. The van der Waals surface area contributed by atoms with E-state index in [9.17, 15) is 4.79 Å². The van der Waals surface area contributed by atoms with Crippen LogP contribution in [-0.4, -0.2) is 19.6 Å². The number of amides is 1. The zero-order valence-corrected chi connectivity index (χ0v) is 14.5. The smallest absolute Gasteiger partial charge is 0.243 e. The van der Waals surface area contributed by atoms with E-state index in [4.69, 9.17) is 4.74 Å². The molecule has 21 heavy (non-hydrogen) atoms. The van der Waals surface area contributed by atoms with E-state index in [0.29, 0.717) is 5.75 Å². The van der Waals surface area contributed by atoms with Gasteiger partial charge in [-0.25, -0.2) is 0 Å². The van der Waals surface area contributed by atoms with Gasteiger partial charge in [0.05, 0.1) is 19.3 Å². The second-order valence-electron chi connectivity index (χ2n) is 4.25. The highest BCUT2D eigenvalue weighted by atomic mass is 79.9. The summed E-state index contributed by atoms with van der Waals surface area (Å²) in [4.78, 5) is 11.9. The fraction of sp³-hybridized carbons (Fsp3) is 0.133. The maximum atomic E-state index is 11.9. The van der Waals surface area contributed by atoms with Gasteiger partial charge in [0.1, 0.15) is 5.75 Å². The van der Waals surface area contributed by atoms with Gasteiger partial charge >= 0.3 is 0 Å². The molecule has 0 spiro atoms. The van der Waals surface area contributed by atoms with Gasteiger partial charge in [0.2, 0.25) is 5.91 Å². The Hall–Kier alpha value is -1.53. The Kier molecular flexibility index (Phi) is 5.64. The van der Waals surface area contributed by atoms with Crippen molar-refractivity contribution in [2.24, 2.45) is 0 Å². The second-order valence-corrected chi connectivity index (χ2v) is 6.08. The first-order valence-electron chi connectivity index (χ1n) is 6.21. The van der Waals surface area contributed by atoms with Crippen LogP contribution in [0.1, 0.15) is 0 Å². The summed E-state index contributed by atoms with van der Waals surface area (Å²) in [6.07, 6.45) is 0. The van der Waals surface area contributed by atoms with E-state index in [0.717, 1.165) is 20.3 Å². The maximum Gasteiger partial charge on any atom is 0.243 e. The SMILES string of the molecule is COc1ccc(Br)cc1NCC(=O)Nc1ccc(Br)cc1. The normalized spacial score (nSPS) is 10.0. The van der Waals surface area contributed by atoms with Gasteiger partial charge in [0, 0.05) is 14.6 Å². The number of carbonyl (C=O) groups excluding carboxylic acids is 1. The quantitative estimate of drug-likeness (QED) is 0.769. The minimum atomic E-state index is -0.126. The maximum absolute atomic E-state index is 11.9. The lowest BCUT2D eigenvalue weighted by Gasteiger charge is -2.11. The minimum absolute atomic E-state index is 0.126. The third kappa shape index (κ3) is 4.75. The van der Waals surface area contributed by atoms with Crippen molar-refractivity contribution in [3.8, 4) is 5.75 Å². The molecule has 0 aliphatic rings. The van der Waals surface area contributed by atoms with Crippen LogP contribution in [0.5, 0.6) is 5.75 Å². The third-order valence-electron chi connectivity index (χ3n) is 2.73. The first-order valence-corrected chi connectivity index (χ1v) is 7.80. The lowest BCUT2D eigenvalue weighted by molar-refractivity contribution is -0.114. The van der Waals surface area contributed by atoms with Crippen LogP contribution in [0.2, 0.25) is 0 Å². The highest BCUT2D eigenvalue weighted by molar-refractivity contribution is 9.10. The van der Waals surface area contributed by atoms with Crippen LogP contribution in [0.15, 0.2) is 51.4 Å². The summed E-state index contributed by atoms with van der Waals surface area (Å²) in [6.45, 7) is 0.156. The molecule has 2 rings (SSSR count). The first kappa shape index (κ1) is 15.9. The van der Waals surface area contributed by atoms with Gasteiger partial charge in [0.25, 0.3) is 0 Å². The van der Waals surface area contributed by atoms with Crippen LogP contribution in [-0.2, 0) is 4.79 Å². The molecule has 0 atom stereocenters. The number of hydrogen-bond donors (Lipinski definition) is 2. The van der Waals surface area contributed by atoms with Crippen LogP contribution in [0.25, 0.3) is 0 Å². The molecule has 2 aromatic carbocycles. The predicted octanol–water partition coefficient (Wildman–Crippen LogP) is 4.27. The first-order chi connectivity index (χ1) is 10.1. The Bertz CT molecular complexity index is 630. The topological polar surface area (TPSA) is 50.4 Å². The zero-order chi connectivity index (χ0) is 15.2. The van der Waals surface area contributed by atoms with Crippen LogP contribution in [0, 0.1) is 0 Å². The number of nitrogens with one attached hydrogen (secondary N) is 2. The molecular formula is C15H14Br2N2O2. The molecule has 0 aliphatic heterocycles. The van der Waals surface area contributed by atoms with Gasteiger partial charge in [0.15, 0.2) is 0 Å². The number of anilines is 2. The number of hydrogen-bond acceptors (Lipinski definition) is 3. The molecule has 0 bridgehead atoms. The Morgan fingerprint density at radius 1 is 1.10 bits per heavy atom. The van der Waals surface area contributed by atoms with Gasteiger partial charge in [-0.15, -0.1) is 0 Å². The number of methoxy groups -OCH3 is 1. The second kappa shape index (κ2) is 7.47. The third-order valence-corrected chi connectivity index (χ3v) is 3.75. The number of benzene rings is 2. The summed E-state index contributed by atoms with van der Waals surface area (Å²) >= 11 is 6.74. The minimum Gasteiger partial charge on any atom is -0.495 e. The lowest BCUT2D eigenvalue weighted by Crippen LogP contribution is -2.21. The molecule has 0 heterocycles. The summed E-state index contributed by atoms with van der Waals surface area (Å²) in [6, 6.07) is 13.0. The molecule has 0 saturated heterocycles. The molecule has 0 fully saturated rings. The van der Waals surface area contributed by atoms with E-state index in [1.807, 2.05) is 42.5 Å². The average molecular weight is 414 g/mol. The van der Waals surface area contributed by atoms with E-state index in [1.165, 1.54) is 0 Å². The lowest BCUT2D eigenvalue weighted by atomic mass is 10.3. The summed E-state index contributed by atoms with van der Waals surface area (Å²) in [7, 11) is 1.59. The van der Waals surface area contributed by atoms with Crippen molar-refractivity contribution in [1.29, 1.82) is 0 Å². The van der Waals surface area contributed by atoms with E-state index >= 15 is 0 Å². The molecule has 1 amide bonds. The number of ether oxygens (including phenoxy) is 1. The van der Waals surface area contributed by atoms with Crippen LogP contribution in [0.3, 0.4) is 0 Å². The van der Waals surface area contributed by atoms with Crippen LogP contribution < -0.4 is 15.4 Å². The average Bonchev–Trinajstić information content (AvgIpc) is 2.48. The molecule has 0 saturated carbocycles. The zero-order valence-electron chi connectivity index (χ0n) is 11.3. The van der Waals surface area contributed by atoms with E-state index < -0.39 is 0 Å². The Morgan fingerprint density at radius 3 is 2.43 bits per heavy atom. The van der Waals surface area contributed by atoms with Gasteiger partial charge < -0.3 is 15.4 Å². The van der Waals surface area contributed by atoms with Crippen molar-refractivity contribution in [2.45, 2.75) is 0 Å². The van der Waals surface area contributed by atoms with Crippen molar-refractivity contribution >= 4 is 49.1 Å². The van der Waals surface area contributed by atoms with Crippen molar-refractivity contribution in [1.82, 2.24) is 0 Å². The monoisotopic (exact) mass is 412 g/mol. The summed E-state index contributed by atoms with van der Waals surface area (Å²) in [5.74, 6) is 0.564. The van der Waals surface area contributed by atoms with Crippen molar-refractivity contribution < 1.29 is 9.53 Å². The van der Waals surface area contributed by atoms with E-state index in [1.54, 1.807) is 7.11 Å². The molecule has 0 radical (unpaired) electrons. The Morgan fingerprint density at radius 2 is 1.76 bits per heavy atom. The van der Waals surface area contributed by atoms with Crippen molar-refractivity contribution in [3.05, 3.63) is 51.4 Å². The number of rotatable bonds is 5. The van der Waals surface area contributed by atoms with Gasteiger partial charge in [-0.05, 0) is 42.5 Å². The predicted molar refractivity (Wildman–Crippen MR) is 92.0 cm³/mol. The van der Waals surface area contributed by atoms with Gasteiger partial charge in [-0.3, -0.25) is 4.79 Å². The van der Waals surface area contributed by atoms with Crippen molar-refractivity contribution in [3.63, 3.8) is 0 Å². The number of halogens is 2. The van der Waals surface area contributed by atoms with Crippen LogP contribution in [0.4, 0.5) is 11.4 Å². The summed E-state index contributed by atoms with van der Waals surface area (Å²) in [5, 5.41) is 5.88. The number of carbonyl (C=O) groups is 1. The molecule has 4 nitrogen and oxygen atoms in total. The molecule has 2 aromatic rings. The molecule has 110 valence electrons. The fourth-order valence-corrected chi connectivity index (χ4v) is 2.36. The van der Waals surface area contributed by atoms with Gasteiger partial charge in [-0.2, -0.15) is 0 Å². The molecule has 2 N–H and O–H groups in total. The Balaban J connectivity index is 1.95. The highest BCUT2D eigenvalue weighted by Gasteiger charge is 2.06. The van der Waals surface area contributed by atoms with Crippen molar-refractivity contribution in [2.75, 3.05) is 24.3 Å². The molecule has 0 aromatic heterocycles. The standard InChI is InChI=1S/C15H14Br2N2O2/c1-21-14-7-4-11(17)8-13(14)18-9-15(20)19-12-5-2-10(16)3-6-12/h2-8,18H,9H2,1H3,(H,19,20). The molecule has 0 unspecified atom stereocenters. The van der Waals surface area contributed by atoms with E-state index in [-0.39, 0.29) is 12.5 Å². The molecular weight excluding hydrogens is 400 g/mol. The summed E-state index contributed by atoms with van der Waals surface area (Å²) in [5.41, 5.74) is 1.52. The molecule has 6 heteroatoms. The fourth-order valence-electron chi connectivity index (χ4n) is 1.73. The highest BCUT2D eigenvalue weighted by Crippen LogP contribution is 2.27.